The first-order valence-electron chi connectivity index (χ1n) is 6.09. The van der Waals surface area contributed by atoms with Gasteiger partial charge < -0.3 is 5.32 Å². The fourth-order valence-corrected chi connectivity index (χ4v) is 1.94. The Morgan fingerprint density at radius 3 is 2.76 bits per heavy atom. The van der Waals surface area contributed by atoms with E-state index in [0.717, 1.165) is 0 Å². The molecule has 2 aromatic rings. The van der Waals surface area contributed by atoms with Crippen LogP contribution in [0.25, 0.3) is 0 Å². The molecule has 1 N–H and O–H groups in total. The van der Waals surface area contributed by atoms with Crippen LogP contribution in [0.4, 0.5) is 15.9 Å². The average Bonchev–Trinajstić information content (AvgIpc) is 2.46. The summed E-state index contributed by atoms with van der Waals surface area (Å²) in [5.74, 6) is -0.480. The SMILES string of the molecule is CC(Nc1nccc(C#N)c1[N+](=O)[O-])c1ccccc1F. The number of pyridine rings is 1. The number of nitro groups is 1. The maximum atomic E-state index is 13.7. The van der Waals surface area contributed by atoms with Crippen molar-refractivity contribution >= 4 is 11.5 Å². The van der Waals surface area contributed by atoms with E-state index in [-0.39, 0.29) is 11.4 Å². The Bertz CT molecular complexity index is 727. The lowest BCUT2D eigenvalue weighted by Gasteiger charge is -2.15. The summed E-state index contributed by atoms with van der Waals surface area (Å²) in [4.78, 5) is 14.3. The number of nitriles is 1. The minimum atomic E-state index is -0.679. The Kier molecular flexibility index (Phi) is 4.09. The van der Waals surface area contributed by atoms with Crippen molar-refractivity contribution in [2.24, 2.45) is 0 Å². The van der Waals surface area contributed by atoms with Gasteiger partial charge in [0, 0.05) is 11.8 Å². The summed E-state index contributed by atoms with van der Waals surface area (Å²) in [5.41, 5.74) is -0.155. The molecule has 0 radical (unpaired) electrons. The van der Waals surface area contributed by atoms with E-state index < -0.39 is 22.5 Å². The molecule has 0 saturated carbocycles. The molecule has 1 aromatic heterocycles. The van der Waals surface area contributed by atoms with Gasteiger partial charge in [0.05, 0.1) is 11.0 Å². The van der Waals surface area contributed by atoms with Crippen molar-refractivity contribution in [2.75, 3.05) is 5.32 Å². The van der Waals surface area contributed by atoms with Gasteiger partial charge in [0.2, 0.25) is 5.82 Å². The van der Waals surface area contributed by atoms with Crippen molar-refractivity contribution in [1.29, 1.82) is 5.26 Å². The molecule has 0 aliphatic carbocycles. The summed E-state index contributed by atoms with van der Waals surface area (Å²) in [7, 11) is 0. The van der Waals surface area contributed by atoms with E-state index in [2.05, 4.69) is 10.3 Å². The van der Waals surface area contributed by atoms with Crippen molar-refractivity contribution in [2.45, 2.75) is 13.0 Å². The van der Waals surface area contributed by atoms with E-state index in [1.165, 1.54) is 18.3 Å². The Labute approximate surface area is 120 Å². The second-order valence-corrected chi connectivity index (χ2v) is 4.31. The van der Waals surface area contributed by atoms with Crippen LogP contribution in [0.2, 0.25) is 0 Å². The fourth-order valence-electron chi connectivity index (χ4n) is 1.94. The Morgan fingerprint density at radius 2 is 2.14 bits per heavy atom. The molecule has 0 saturated heterocycles. The number of hydrogen-bond acceptors (Lipinski definition) is 5. The number of nitrogens with one attached hydrogen (secondary N) is 1. The summed E-state index contributed by atoms with van der Waals surface area (Å²) >= 11 is 0. The molecular weight excluding hydrogens is 275 g/mol. The maximum absolute atomic E-state index is 13.7. The van der Waals surface area contributed by atoms with Crippen molar-refractivity contribution in [1.82, 2.24) is 4.98 Å². The summed E-state index contributed by atoms with van der Waals surface area (Å²) in [6, 6.07) is 8.58. The van der Waals surface area contributed by atoms with Gasteiger partial charge in [0.1, 0.15) is 17.4 Å². The normalized spacial score (nSPS) is 11.5. The lowest BCUT2D eigenvalue weighted by Crippen LogP contribution is -2.12. The summed E-state index contributed by atoms with van der Waals surface area (Å²) in [5, 5.41) is 22.8. The second kappa shape index (κ2) is 5.96. The minimum absolute atomic E-state index is 0.0604. The number of hydrogen-bond donors (Lipinski definition) is 1. The van der Waals surface area contributed by atoms with Gasteiger partial charge in [-0.15, -0.1) is 0 Å². The van der Waals surface area contributed by atoms with Crippen molar-refractivity contribution in [3.8, 4) is 6.07 Å². The zero-order valence-electron chi connectivity index (χ0n) is 11.1. The monoisotopic (exact) mass is 286 g/mol. The van der Waals surface area contributed by atoms with Crippen LogP contribution in [0, 0.1) is 27.3 Å². The van der Waals surface area contributed by atoms with Gasteiger partial charge in [-0.1, -0.05) is 18.2 Å². The van der Waals surface area contributed by atoms with Gasteiger partial charge in [0.15, 0.2) is 0 Å². The Morgan fingerprint density at radius 1 is 1.43 bits per heavy atom. The van der Waals surface area contributed by atoms with E-state index in [1.54, 1.807) is 31.2 Å². The Balaban J connectivity index is 2.39. The molecule has 0 amide bonds. The third-order valence-electron chi connectivity index (χ3n) is 2.95. The van der Waals surface area contributed by atoms with E-state index in [0.29, 0.717) is 5.56 Å². The molecule has 0 spiro atoms. The quantitative estimate of drug-likeness (QED) is 0.688. The molecule has 21 heavy (non-hydrogen) atoms. The van der Waals surface area contributed by atoms with Crippen LogP contribution in [0.15, 0.2) is 36.5 Å². The number of halogens is 1. The van der Waals surface area contributed by atoms with Gasteiger partial charge in [-0.05, 0) is 19.1 Å². The van der Waals surface area contributed by atoms with Crippen LogP contribution in [-0.4, -0.2) is 9.91 Å². The maximum Gasteiger partial charge on any atom is 0.328 e. The van der Waals surface area contributed by atoms with E-state index in [4.69, 9.17) is 5.26 Å². The van der Waals surface area contributed by atoms with Crippen molar-refractivity contribution in [3.63, 3.8) is 0 Å². The predicted octanol–water partition coefficient (Wildman–Crippen LogP) is 3.17. The van der Waals surface area contributed by atoms with Crippen LogP contribution >= 0.6 is 0 Å². The van der Waals surface area contributed by atoms with Crippen LogP contribution in [0.5, 0.6) is 0 Å². The summed E-state index contributed by atoms with van der Waals surface area (Å²) in [6.07, 6.45) is 1.29. The second-order valence-electron chi connectivity index (χ2n) is 4.31. The molecule has 1 aromatic carbocycles. The van der Waals surface area contributed by atoms with E-state index in [9.17, 15) is 14.5 Å². The molecule has 6 nitrogen and oxygen atoms in total. The van der Waals surface area contributed by atoms with Crippen LogP contribution in [-0.2, 0) is 0 Å². The molecule has 106 valence electrons. The van der Waals surface area contributed by atoms with Crippen molar-refractivity contribution in [3.05, 3.63) is 63.6 Å². The first-order valence-corrected chi connectivity index (χ1v) is 6.09. The van der Waals surface area contributed by atoms with Crippen LogP contribution in [0.1, 0.15) is 24.1 Å². The smallest absolute Gasteiger partial charge is 0.328 e. The van der Waals surface area contributed by atoms with E-state index in [1.807, 2.05) is 0 Å². The number of rotatable bonds is 4. The highest BCUT2D eigenvalue weighted by molar-refractivity contribution is 5.64. The minimum Gasteiger partial charge on any atom is -0.358 e. The van der Waals surface area contributed by atoms with Gasteiger partial charge >= 0.3 is 5.69 Å². The van der Waals surface area contributed by atoms with Gasteiger partial charge in [-0.25, -0.2) is 9.37 Å². The zero-order valence-corrected chi connectivity index (χ0v) is 11.1. The number of anilines is 1. The molecule has 2 rings (SSSR count). The highest BCUT2D eigenvalue weighted by atomic mass is 19.1. The van der Waals surface area contributed by atoms with Crippen LogP contribution < -0.4 is 5.32 Å². The standard InChI is InChI=1S/C14H11FN4O2/c1-9(11-4-2-3-5-12(11)15)18-14-13(19(20)21)10(8-16)6-7-17-14/h2-7,9H,1H3,(H,17,18). The predicted molar refractivity (Wildman–Crippen MR) is 74.0 cm³/mol. The third kappa shape index (κ3) is 2.95. The summed E-state index contributed by atoms with van der Waals surface area (Å²) in [6.45, 7) is 1.66. The molecule has 7 heteroatoms. The zero-order chi connectivity index (χ0) is 15.4. The molecule has 1 heterocycles. The number of benzene rings is 1. The lowest BCUT2D eigenvalue weighted by atomic mass is 10.1. The fraction of sp³-hybridized carbons (Fsp3) is 0.143. The number of aromatic nitrogens is 1. The molecular formula is C14H11FN4O2. The molecule has 1 atom stereocenters. The van der Waals surface area contributed by atoms with Gasteiger partial charge in [-0.2, -0.15) is 5.26 Å². The average molecular weight is 286 g/mol. The topological polar surface area (TPSA) is 91.8 Å². The molecule has 0 bridgehead atoms. The molecule has 0 aliphatic heterocycles. The highest BCUT2D eigenvalue weighted by Gasteiger charge is 2.23. The molecule has 0 fully saturated rings. The third-order valence-corrected chi connectivity index (χ3v) is 2.95. The number of nitrogens with zero attached hydrogens (tertiary/aromatic N) is 3. The lowest BCUT2D eigenvalue weighted by molar-refractivity contribution is -0.384. The van der Waals surface area contributed by atoms with Crippen molar-refractivity contribution < 1.29 is 9.31 Å². The summed E-state index contributed by atoms with van der Waals surface area (Å²) < 4.78 is 13.7. The molecule has 0 aliphatic rings. The van der Waals surface area contributed by atoms with Gasteiger partial charge in [0.25, 0.3) is 0 Å². The highest BCUT2D eigenvalue weighted by Crippen LogP contribution is 2.29. The van der Waals surface area contributed by atoms with Crippen LogP contribution in [0.3, 0.4) is 0 Å². The Hall–Kier alpha value is -3.01. The molecule has 1 unspecified atom stereocenters. The van der Waals surface area contributed by atoms with Gasteiger partial charge in [-0.3, -0.25) is 10.1 Å². The largest absolute Gasteiger partial charge is 0.358 e. The van der Waals surface area contributed by atoms with E-state index >= 15 is 0 Å². The first kappa shape index (κ1) is 14.4. The first-order chi connectivity index (χ1) is 10.0.